The molecule has 1 saturated heterocycles. The lowest BCUT2D eigenvalue weighted by atomic mass is 10.1. The highest BCUT2D eigenvalue weighted by Gasteiger charge is 2.07. The number of aliphatic hydroxyl groups is 1. The van der Waals surface area contributed by atoms with E-state index >= 15 is 0 Å². The van der Waals surface area contributed by atoms with E-state index in [1.807, 2.05) is 24.3 Å². The Morgan fingerprint density at radius 2 is 2.05 bits per heavy atom. The van der Waals surface area contributed by atoms with Crippen molar-refractivity contribution in [3.05, 3.63) is 35.4 Å². The molecular formula is C17H22N2O. The third-order valence-corrected chi connectivity index (χ3v) is 3.47. The minimum atomic E-state index is 0.0182. The fraction of sp³-hybridized carbons (Fsp3) is 0.412. The average Bonchev–Trinajstić information content (AvgIpc) is 2.49. The van der Waals surface area contributed by atoms with Gasteiger partial charge in [-0.2, -0.15) is 0 Å². The number of piperidine rings is 1. The van der Waals surface area contributed by atoms with Crippen LogP contribution in [0.25, 0.3) is 6.08 Å². The third-order valence-electron chi connectivity index (χ3n) is 3.47. The number of benzene rings is 1. The maximum Gasteiger partial charge on any atom is 0.0615 e. The smallest absolute Gasteiger partial charge is 0.0615 e. The topological polar surface area (TPSA) is 49.5 Å². The highest BCUT2D eigenvalue weighted by molar-refractivity contribution is 5.66. The molecule has 0 aliphatic carbocycles. The van der Waals surface area contributed by atoms with Crippen LogP contribution in [0.1, 0.15) is 30.4 Å². The number of anilines is 1. The van der Waals surface area contributed by atoms with E-state index in [9.17, 15) is 0 Å². The first-order valence-electron chi connectivity index (χ1n) is 7.18. The molecule has 0 radical (unpaired) electrons. The summed E-state index contributed by atoms with van der Waals surface area (Å²) in [5.74, 6) is 6.43. The average molecular weight is 270 g/mol. The molecule has 3 heteroatoms. The number of likely N-dealkylation sites (tertiary alicyclic amines) is 1. The van der Waals surface area contributed by atoms with Gasteiger partial charge in [-0.15, -0.1) is 0 Å². The predicted molar refractivity (Wildman–Crippen MR) is 84.1 cm³/mol. The summed E-state index contributed by atoms with van der Waals surface area (Å²) in [7, 11) is 0. The summed E-state index contributed by atoms with van der Waals surface area (Å²) in [5.41, 5.74) is 8.46. The molecule has 0 spiro atoms. The van der Waals surface area contributed by atoms with Crippen molar-refractivity contribution in [1.29, 1.82) is 0 Å². The van der Waals surface area contributed by atoms with Gasteiger partial charge < -0.3 is 10.8 Å². The van der Waals surface area contributed by atoms with Crippen molar-refractivity contribution >= 4 is 11.8 Å². The predicted octanol–water partition coefficient (Wildman–Crippen LogP) is 2.11. The molecule has 0 aromatic heterocycles. The van der Waals surface area contributed by atoms with E-state index in [-0.39, 0.29) is 6.61 Å². The lowest BCUT2D eigenvalue weighted by Crippen LogP contribution is -2.29. The fourth-order valence-corrected chi connectivity index (χ4v) is 2.35. The van der Waals surface area contributed by atoms with E-state index in [4.69, 9.17) is 10.8 Å². The largest absolute Gasteiger partial charge is 0.398 e. The molecule has 1 aliphatic rings. The number of rotatable bonds is 3. The van der Waals surface area contributed by atoms with Gasteiger partial charge in [0.25, 0.3) is 0 Å². The maximum atomic E-state index is 8.81. The Labute approximate surface area is 121 Å². The molecule has 1 aromatic rings. The van der Waals surface area contributed by atoms with E-state index in [1.165, 1.54) is 32.4 Å². The molecule has 3 N–H and O–H groups in total. The number of hydrogen-bond acceptors (Lipinski definition) is 3. The van der Waals surface area contributed by atoms with Crippen molar-refractivity contribution in [1.82, 2.24) is 4.90 Å². The number of hydrogen-bond donors (Lipinski definition) is 2. The van der Waals surface area contributed by atoms with Crippen molar-refractivity contribution in [2.24, 2.45) is 0 Å². The van der Waals surface area contributed by atoms with Gasteiger partial charge in [0.2, 0.25) is 0 Å². The van der Waals surface area contributed by atoms with E-state index in [1.54, 1.807) is 6.08 Å². The quantitative estimate of drug-likeness (QED) is 0.653. The molecule has 0 amide bonds. The van der Waals surface area contributed by atoms with Crippen LogP contribution in [0, 0.1) is 11.8 Å². The van der Waals surface area contributed by atoms with Gasteiger partial charge >= 0.3 is 0 Å². The molecule has 106 valence electrons. The minimum absolute atomic E-state index is 0.0182. The van der Waals surface area contributed by atoms with Gasteiger partial charge in [-0.25, -0.2) is 0 Å². The molecule has 1 aliphatic heterocycles. The summed E-state index contributed by atoms with van der Waals surface area (Å²) in [6.45, 7) is 3.19. The minimum Gasteiger partial charge on any atom is -0.398 e. The zero-order chi connectivity index (χ0) is 14.2. The zero-order valence-corrected chi connectivity index (χ0v) is 11.8. The highest BCUT2D eigenvalue weighted by atomic mass is 16.2. The van der Waals surface area contributed by atoms with Gasteiger partial charge in [-0.05, 0) is 49.7 Å². The number of nitrogen functional groups attached to an aromatic ring is 1. The standard InChI is InChI=1S/C17H22N2O/c18-17-9-8-15(14-16(17)7-5-13-20)6-4-12-19-10-2-1-3-11-19/h5,7-9,14,20H,1-3,10-13,18H2. The van der Waals surface area contributed by atoms with Crippen molar-refractivity contribution in [3.8, 4) is 11.8 Å². The molecule has 1 fully saturated rings. The van der Waals surface area contributed by atoms with Crippen LogP contribution in [0.5, 0.6) is 0 Å². The Balaban J connectivity index is 2.00. The van der Waals surface area contributed by atoms with Crippen molar-refractivity contribution in [3.63, 3.8) is 0 Å². The number of aliphatic hydroxyl groups excluding tert-OH is 1. The molecule has 0 atom stereocenters. The van der Waals surface area contributed by atoms with Crippen LogP contribution in [-0.4, -0.2) is 36.2 Å². The summed E-state index contributed by atoms with van der Waals surface area (Å²) >= 11 is 0. The summed E-state index contributed by atoms with van der Waals surface area (Å²) in [5, 5.41) is 8.81. The van der Waals surface area contributed by atoms with Crippen LogP contribution in [0.4, 0.5) is 5.69 Å². The van der Waals surface area contributed by atoms with Gasteiger partial charge in [0.05, 0.1) is 13.2 Å². The van der Waals surface area contributed by atoms with Gasteiger partial charge in [-0.1, -0.05) is 30.4 Å². The molecule has 20 heavy (non-hydrogen) atoms. The number of nitrogens with two attached hydrogens (primary N) is 1. The summed E-state index contributed by atoms with van der Waals surface area (Å²) in [4.78, 5) is 2.40. The van der Waals surface area contributed by atoms with E-state index in [2.05, 4.69) is 16.7 Å². The van der Waals surface area contributed by atoms with Crippen LogP contribution in [-0.2, 0) is 0 Å². The van der Waals surface area contributed by atoms with Crippen LogP contribution >= 0.6 is 0 Å². The van der Waals surface area contributed by atoms with E-state index in [0.717, 1.165) is 17.7 Å². The van der Waals surface area contributed by atoms with Crippen LogP contribution < -0.4 is 5.73 Å². The first kappa shape index (κ1) is 14.6. The molecular weight excluding hydrogens is 248 g/mol. The van der Waals surface area contributed by atoms with Gasteiger partial charge in [0.1, 0.15) is 0 Å². The Bertz CT molecular complexity index is 520. The monoisotopic (exact) mass is 270 g/mol. The van der Waals surface area contributed by atoms with Gasteiger partial charge in [0.15, 0.2) is 0 Å². The number of nitrogens with zero attached hydrogens (tertiary/aromatic N) is 1. The second-order valence-electron chi connectivity index (χ2n) is 5.07. The van der Waals surface area contributed by atoms with Crippen molar-refractivity contribution < 1.29 is 5.11 Å². The Morgan fingerprint density at radius 3 is 2.80 bits per heavy atom. The third kappa shape index (κ3) is 4.41. The second-order valence-corrected chi connectivity index (χ2v) is 5.07. The van der Waals surface area contributed by atoms with Crippen LogP contribution in [0.2, 0.25) is 0 Å². The van der Waals surface area contributed by atoms with Crippen LogP contribution in [0.15, 0.2) is 24.3 Å². The molecule has 1 aromatic carbocycles. The van der Waals surface area contributed by atoms with Gasteiger partial charge in [0, 0.05) is 11.3 Å². The fourth-order valence-electron chi connectivity index (χ4n) is 2.35. The lowest BCUT2D eigenvalue weighted by molar-refractivity contribution is 0.255. The Kier molecular flexibility index (Phi) is 5.67. The van der Waals surface area contributed by atoms with Crippen LogP contribution in [0.3, 0.4) is 0 Å². The SMILES string of the molecule is Nc1ccc(C#CCN2CCCCC2)cc1C=CCO. The summed E-state index contributed by atoms with van der Waals surface area (Å²) in [6, 6.07) is 5.77. The van der Waals surface area contributed by atoms with Gasteiger partial charge in [-0.3, -0.25) is 4.90 Å². The lowest BCUT2D eigenvalue weighted by Gasteiger charge is -2.23. The van der Waals surface area contributed by atoms with Crippen molar-refractivity contribution in [2.75, 3.05) is 32.0 Å². The molecule has 3 nitrogen and oxygen atoms in total. The summed E-state index contributed by atoms with van der Waals surface area (Å²) < 4.78 is 0. The maximum absolute atomic E-state index is 8.81. The second kappa shape index (κ2) is 7.74. The zero-order valence-electron chi connectivity index (χ0n) is 11.8. The molecule has 1 heterocycles. The highest BCUT2D eigenvalue weighted by Crippen LogP contribution is 2.15. The van der Waals surface area contributed by atoms with E-state index < -0.39 is 0 Å². The first-order valence-corrected chi connectivity index (χ1v) is 7.18. The summed E-state index contributed by atoms with van der Waals surface area (Å²) in [6.07, 6.45) is 7.43. The molecule has 0 bridgehead atoms. The van der Waals surface area contributed by atoms with E-state index in [0.29, 0.717) is 5.69 Å². The molecule has 0 saturated carbocycles. The van der Waals surface area contributed by atoms with Crippen molar-refractivity contribution in [2.45, 2.75) is 19.3 Å². The molecule has 2 rings (SSSR count). The Hall–Kier alpha value is -1.76. The first-order chi connectivity index (χ1) is 9.79. The normalized spacial score (nSPS) is 16.1. The Morgan fingerprint density at radius 1 is 1.25 bits per heavy atom. The molecule has 0 unspecified atom stereocenters.